The van der Waals surface area contributed by atoms with Gasteiger partial charge < -0.3 is 14.8 Å². The van der Waals surface area contributed by atoms with Crippen molar-refractivity contribution in [1.82, 2.24) is 5.32 Å². The zero-order valence-electron chi connectivity index (χ0n) is 10.8. The maximum Gasteiger partial charge on any atom is 0.0700 e. The van der Waals surface area contributed by atoms with Crippen LogP contribution >= 0.6 is 0 Å². The summed E-state index contributed by atoms with van der Waals surface area (Å²) in [5, 5.41) is 3.26. The molecule has 0 aromatic carbocycles. The molecule has 92 valence electrons. The standard InChI is InChI=1S/C12H27NO2/c1-5-12(2,11-13-3)7-6-8-15-10-9-14-4/h13H,5-11H2,1-4H3. The Morgan fingerprint density at radius 1 is 1.20 bits per heavy atom. The van der Waals surface area contributed by atoms with Gasteiger partial charge in [0.15, 0.2) is 0 Å². The van der Waals surface area contributed by atoms with E-state index in [2.05, 4.69) is 19.2 Å². The summed E-state index contributed by atoms with van der Waals surface area (Å²) in [5.74, 6) is 0. The van der Waals surface area contributed by atoms with Gasteiger partial charge in [0.25, 0.3) is 0 Å². The molecule has 0 amide bonds. The fourth-order valence-electron chi connectivity index (χ4n) is 1.66. The Hall–Kier alpha value is -0.120. The molecular weight excluding hydrogens is 190 g/mol. The lowest BCUT2D eigenvalue weighted by Crippen LogP contribution is -2.29. The average Bonchev–Trinajstić information content (AvgIpc) is 2.24. The molecule has 0 rings (SSSR count). The predicted molar refractivity (Wildman–Crippen MR) is 64.3 cm³/mol. The lowest BCUT2D eigenvalue weighted by Gasteiger charge is -2.27. The highest BCUT2D eigenvalue weighted by Gasteiger charge is 2.20. The second-order valence-corrected chi connectivity index (χ2v) is 4.40. The van der Waals surface area contributed by atoms with Gasteiger partial charge in [0.2, 0.25) is 0 Å². The Balaban J connectivity index is 3.46. The van der Waals surface area contributed by atoms with Crippen LogP contribution in [0.1, 0.15) is 33.1 Å². The molecule has 0 radical (unpaired) electrons. The molecule has 0 saturated heterocycles. The predicted octanol–water partition coefficient (Wildman–Crippen LogP) is 2.07. The molecule has 0 aliphatic carbocycles. The third-order valence-electron chi connectivity index (χ3n) is 2.96. The van der Waals surface area contributed by atoms with Gasteiger partial charge in [-0.05, 0) is 31.7 Å². The summed E-state index contributed by atoms with van der Waals surface area (Å²) in [6.07, 6.45) is 3.57. The summed E-state index contributed by atoms with van der Waals surface area (Å²) in [6.45, 7) is 7.93. The van der Waals surface area contributed by atoms with E-state index in [4.69, 9.17) is 9.47 Å². The molecule has 0 aliphatic rings. The first kappa shape index (κ1) is 14.9. The molecule has 3 heteroatoms. The van der Waals surface area contributed by atoms with E-state index >= 15 is 0 Å². The quantitative estimate of drug-likeness (QED) is 0.568. The summed E-state index contributed by atoms with van der Waals surface area (Å²) in [4.78, 5) is 0. The largest absolute Gasteiger partial charge is 0.382 e. The summed E-state index contributed by atoms with van der Waals surface area (Å²) in [6, 6.07) is 0. The van der Waals surface area contributed by atoms with Crippen molar-refractivity contribution in [2.75, 3.05) is 40.5 Å². The van der Waals surface area contributed by atoms with Crippen LogP contribution < -0.4 is 5.32 Å². The Morgan fingerprint density at radius 2 is 1.93 bits per heavy atom. The van der Waals surface area contributed by atoms with Crippen LogP contribution in [0.4, 0.5) is 0 Å². The molecule has 15 heavy (non-hydrogen) atoms. The van der Waals surface area contributed by atoms with Gasteiger partial charge in [0, 0.05) is 20.3 Å². The van der Waals surface area contributed by atoms with Gasteiger partial charge in [-0.15, -0.1) is 0 Å². The maximum atomic E-state index is 5.45. The molecule has 0 fully saturated rings. The van der Waals surface area contributed by atoms with Crippen molar-refractivity contribution in [2.45, 2.75) is 33.1 Å². The smallest absolute Gasteiger partial charge is 0.0700 e. The highest BCUT2D eigenvalue weighted by molar-refractivity contribution is 4.74. The third kappa shape index (κ3) is 7.77. The van der Waals surface area contributed by atoms with E-state index < -0.39 is 0 Å². The first-order chi connectivity index (χ1) is 7.18. The number of rotatable bonds is 10. The molecular formula is C12H27NO2. The van der Waals surface area contributed by atoms with Crippen molar-refractivity contribution in [3.8, 4) is 0 Å². The van der Waals surface area contributed by atoms with Crippen molar-refractivity contribution in [3.63, 3.8) is 0 Å². The summed E-state index contributed by atoms with van der Waals surface area (Å²) in [7, 11) is 3.72. The van der Waals surface area contributed by atoms with Crippen LogP contribution in [0.2, 0.25) is 0 Å². The van der Waals surface area contributed by atoms with Crippen molar-refractivity contribution < 1.29 is 9.47 Å². The van der Waals surface area contributed by atoms with E-state index in [0.29, 0.717) is 18.6 Å². The first-order valence-corrected chi connectivity index (χ1v) is 5.90. The Kier molecular flexibility index (Phi) is 9.06. The Bertz CT molecular complexity index is 142. The van der Waals surface area contributed by atoms with Crippen molar-refractivity contribution in [2.24, 2.45) is 5.41 Å². The summed E-state index contributed by atoms with van der Waals surface area (Å²) >= 11 is 0. The van der Waals surface area contributed by atoms with Crippen LogP contribution in [0, 0.1) is 5.41 Å². The second-order valence-electron chi connectivity index (χ2n) is 4.40. The van der Waals surface area contributed by atoms with Gasteiger partial charge in [0.05, 0.1) is 13.2 Å². The number of nitrogens with one attached hydrogen (secondary N) is 1. The minimum absolute atomic E-state index is 0.416. The van der Waals surface area contributed by atoms with Crippen LogP contribution in [-0.4, -0.2) is 40.5 Å². The number of hydrogen-bond acceptors (Lipinski definition) is 3. The summed E-state index contributed by atoms with van der Waals surface area (Å²) in [5.41, 5.74) is 0.416. The van der Waals surface area contributed by atoms with Crippen molar-refractivity contribution >= 4 is 0 Å². The van der Waals surface area contributed by atoms with Gasteiger partial charge in [0.1, 0.15) is 0 Å². The fourth-order valence-corrected chi connectivity index (χ4v) is 1.66. The molecule has 1 N–H and O–H groups in total. The third-order valence-corrected chi connectivity index (χ3v) is 2.96. The number of methoxy groups -OCH3 is 1. The van der Waals surface area contributed by atoms with E-state index in [-0.39, 0.29) is 0 Å². The van der Waals surface area contributed by atoms with Crippen molar-refractivity contribution in [1.29, 1.82) is 0 Å². The normalized spacial score (nSPS) is 15.2. The van der Waals surface area contributed by atoms with Crippen LogP contribution in [0.15, 0.2) is 0 Å². The minimum atomic E-state index is 0.416. The molecule has 1 atom stereocenters. The average molecular weight is 217 g/mol. The molecule has 0 spiro atoms. The lowest BCUT2D eigenvalue weighted by atomic mass is 9.83. The molecule has 3 nitrogen and oxygen atoms in total. The van der Waals surface area contributed by atoms with Crippen LogP contribution in [-0.2, 0) is 9.47 Å². The lowest BCUT2D eigenvalue weighted by molar-refractivity contribution is 0.0639. The SMILES string of the molecule is CCC(C)(CCCOCCOC)CNC. The van der Waals surface area contributed by atoms with Crippen LogP contribution in [0.5, 0.6) is 0 Å². The van der Waals surface area contributed by atoms with Gasteiger partial charge in [-0.2, -0.15) is 0 Å². The van der Waals surface area contributed by atoms with E-state index in [1.807, 2.05) is 7.05 Å². The maximum absolute atomic E-state index is 5.45. The number of hydrogen-bond donors (Lipinski definition) is 1. The fraction of sp³-hybridized carbons (Fsp3) is 1.00. The Labute approximate surface area is 94.5 Å². The topological polar surface area (TPSA) is 30.5 Å². The molecule has 0 heterocycles. The number of ether oxygens (including phenoxy) is 2. The van der Waals surface area contributed by atoms with Crippen molar-refractivity contribution in [3.05, 3.63) is 0 Å². The van der Waals surface area contributed by atoms with E-state index in [1.54, 1.807) is 7.11 Å². The van der Waals surface area contributed by atoms with E-state index in [1.165, 1.54) is 12.8 Å². The zero-order valence-corrected chi connectivity index (χ0v) is 10.8. The van der Waals surface area contributed by atoms with E-state index in [0.717, 1.165) is 19.6 Å². The van der Waals surface area contributed by atoms with Gasteiger partial charge >= 0.3 is 0 Å². The Morgan fingerprint density at radius 3 is 2.47 bits per heavy atom. The summed E-state index contributed by atoms with van der Waals surface area (Å²) < 4.78 is 10.4. The second kappa shape index (κ2) is 9.13. The molecule has 0 bridgehead atoms. The molecule has 1 unspecified atom stereocenters. The molecule has 0 saturated carbocycles. The van der Waals surface area contributed by atoms with Gasteiger partial charge in [-0.3, -0.25) is 0 Å². The van der Waals surface area contributed by atoms with Gasteiger partial charge in [-0.1, -0.05) is 13.8 Å². The monoisotopic (exact) mass is 217 g/mol. The van der Waals surface area contributed by atoms with Gasteiger partial charge in [-0.25, -0.2) is 0 Å². The first-order valence-electron chi connectivity index (χ1n) is 5.90. The molecule has 0 aromatic rings. The minimum Gasteiger partial charge on any atom is -0.382 e. The zero-order chi connectivity index (χ0) is 11.6. The highest BCUT2D eigenvalue weighted by Crippen LogP contribution is 2.26. The van der Waals surface area contributed by atoms with Crippen LogP contribution in [0.25, 0.3) is 0 Å². The van der Waals surface area contributed by atoms with E-state index in [9.17, 15) is 0 Å². The van der Waals surface area contributed by atoms with Crippen LogP contribution in [0.3, 0.4) is 0 Å². The molecule has 0 aromatic heterocycles. The molecule has 0 aliphatic heterocycles. The highest BCUT2D eigenvalue weighted by atomic mass is 16.5.